The number of nitrogens with zero attached hydrogens (tertiary/aromatic N) is 3. The van der Waals surface area contributed by atoms with Gasteiger partial charge in [0.1, 0.15) is 18.4 Å². The van der Waals surface area contributed by atoms with E-state index in [1.165, 1.54) is 12.0 Å². The molecular formula is C31H38BrN4O3S+. The minimum Gasteiger partial charge on any atom is -0.488 e. The maximum absolute atomic E-state index is 12.7. The quantitative estimate of drug-likeness (QED) is 0.173. The van der Waals surface area contributed by atoms with E-state index >= 15 is 0 Å². The maximum Gasteiger partial charge on any atom is 0.349 e. The van der Waals surface area contributed by atoms with Gasteiger partial charge in [-0.3, -0.25) is 4.79 Å². The van der Waals surface area contributed by atoms with Gasteiger partial charge in [-0.2, -0.15) is 4.40 Å². The van der Waals surface area contributed by atoms with E-state index in [1.54, 1.807) is 11.3 Å². The predicted octanol–water partition coefficient (Wildman–Crippen LogP) is 7.25. The molecule has 0 fully saturated rings. The highest BCUT2D eigenvalue weighted by atomic mass is 79.9. The number of carbonyl (C=O) groups excluding carboxylic acids is 1. The Kier molecular flexibility index (Phi) is 7.90. The van der Waals surface area contributed by atoms with Gasteiger partial charge >= 0.3 is 10.9 Å². The topological polar surface area (TPSA) is 59.1 Å². The summed E-state index contributed by atoms with van der Waals surface area (Å²) in [5.41, 5.74) is 5.20. The number of imidazole rings is 1. The molecule has 9 heteroatoms. The van der Waals surface area contributed by atoms with Crippen LogP contribution >= 0.6 is 27.3 Å². The van der Waals surface area contributed by atoms with E-state index in [0.717, 1.165) is 62.3 Å². The van der Waals surface area contributed by atoms with E-state index < -0.39 is 0 Å². The Morgan fingerprint density at radius 1 is 1.20 bits per heavy atom. The third kappa shape index (κ3) is 5.21. The molecule has 0 aliphatic carbocycles. The Morgan fingerprint density at radius 3 is 2.52 bits per heavy atom. The highest BCUT2D eigenvalue weighted by molar-refractivity contribution is 9.10. The van der Waals surface area contributed by atoms with Crippen LogP contribution in [0.3, 0.4) is 0 Å². The van der Waals surface area contributed by atoms with Crippen molar-refractivity contribution in [2.45, 2.75) is 59.5 Å². The van der Waals surface area contributed by atoms with Crippen LogP contribution in [-0.4, -0.2) is 42.7 Å². The fourth-order valence-electron chi connectivity index (χ4n) is 5.47. The van der Waals surface area contributed by atoms with Crippen molar-refractivity contribution in [3.8, 4) is 28.3 Å². The van der Waals surface area contributed by atoms with Crippen LogP contribution in [0.5, 0.6) is 5.75 Å². The number of anilines is 2. The maximum atomic E-state index is 12.7. The van der Waals surface area contributed by atoms with Gasteiger partial charge in [-0.1, -0.05) is 27.3 Å². The largest absolute Gasteiger partial charge is 0.488 e. The summed E-state index contributed by atoms with van der Waals surface area (Å²) in [5.74, 6) is 1.55. The van der Waals surface area contributed by atoms with Crippen LogP contribution < -0.4 is 19.5 Å². The third-order valence-electron chi connectivity index (χ3n) is 7.27. The summed E-state index contributed by atoms with van der Waals surface area (Å²) >= 11 is 5.32. The van der Waals surface area contributed by atoms with Gasteiger partial charge in [0, 0.05) is 40.4 Å². The van der Waals surface area contributed by atoms with Crippen molar-refractivity contribution >= 4 is 49.7 Å². The second kappa shape index (κ2) is 11.1. The molecule has 0 bridgehead atoms. The van der Waals surface area contributed by atoms with E-state index in [-0.39, 0.29) is 24.0 Å². The monoisotopic (exact) mass is 625 g/mol. The summed E-state index contributed by atoms with van der Waals surface area (Å²) in [7, 11) is 1.44. The number of aryl methyl sites for hydroxylation is 1. The number of benzene rings is 2. The van der Waals surface area contributed by atoms with Crippen LogP contribution in [0.1, 0.15) is 52.0 Å². The highest BCUT2D eigenvalue weighted by Gasteiger charge is 2.41. The van der Waals surface area contributed by atoms with E-state index in [9.17, 15) is 4.79 Å². The molecule has 1 aliphatic heterocycles. The zero-order chi connectivity index (χ0) is 28.8. The first kappa shape index (κ1) is 28.5. The number of aromatic nitrogens is 2. The molecule has 4 aromatic rings. The van der Waals surface area contributed by atoms with Gasteiger partial charge in [0.05, 0.1) is 24.0 Å². The molecule has 2 aromatic carbocycles. The van der Waals surface area contributed by atoms with E-state index in [4.69, 9.17) is 9.47 Å². The van der Waals surface area contributed by atoms with Gasteiger partial charge in [0.25, 0.3) is 0 Å². The zero-order valence-corrected chi connectivity index (χ0v) is 26.7. The van der Waals surface area contributed by atoms with Crippen LogP contribution in [0.2, 0.25) is 0 Å². The standard InChI is InChI=1S/C31H38BrN4O3S/c1-8-34(9-2)22-14-15-24-25(16-22)39-18-23(17-26(37)38-7)35-28(24)29(33-31(4,5)6)36-27(19(3)40-30(35)36)20-10-12-21(32)13-11-20/h10-16,23,33H,8-9,17-18H2,1-7H3/q+1. The molecule has 1 unspecified atom stereocenters. The van der Waals surface area contributed by atoms with Gasteiger partial charge in [0.2, 0.25) is 11.5 Å². The average Bonchev–Trinajstić information content (AvgIpc) is 3.33. The molecule has 0 saturated carbocycles. The molecule has 0 saturated heterocycles. The Bertz CT molecular complexity index is 1550. The van der Waals surface area contributed by atoms with Crippen molar-refractivity contribution in [3.63, 3.8) is 0 Å². The highest BCUT2D eigenvalue weighted by Crippen LogP contribution is 2.44. The van der Waals surface area contributed by atoms with Crippen molar-refractivity contribution in [1.82, 2.24) is 4.40 Å². The number of fused-ring (bicyclic) bond motifs is 5. The predicted molar refractivity (Wildman–Crippen MR) is 167 cm³/mol. The fraction of sp³-hybridized carbons (Fsp3) is 0.419. The summed E-state index contributed by atoms with van der Waals surface area (Å²) in [5, 5.41) is 3.84. The lowest BCUT2D eigenvalue weighted by molar-refractivity contribution is -0.684. The zero-order valence-electron chi connectivity index (χ0n) is 24.3. The molecule has 212 valence electrons. The lowest BCUT2D eigenvalue weighted by Gasteiger charge is -2.23. The first-order chi connectivity index (χ1) is 19.1. The van der Waals surface area contributed by atoms with Gasteiger partial charge in [0.15, 0.2) is 5.69 Å². The van der Waals surface area contributed by atoms with E-state index in [2.05, 4.69) is 119 Å². The third-order valence-corrected chi connectivity index (χ3v) is 8.86. The van der Waals surface area contributed by atoms with Gasteiger partial charge in [-0.15, -0.1) is 0 Å². The number of halogens is 1. The normalized spacial score (nSPS) is 14.8. The van der Waals surface area contributed by atoms with Crippen LogP contribution in [0.25, 0.3) is 27.5 Å². The Labute approximate surface area is 248 Å². The summed E-state index contributed by atoms with van der Waals surface area (Å²) < 4.78 is 17.3. The van der Waals surface area contributed by atoms with Crippen molar-refractivity contribution in [1.29, 1.82) is 0 Å². The van der Waals surface area contributed by atoms with Crippen molar-refractivity contribution in [2.24, 2.45) is 0 Å². The molecule has 7 nitrogen and oxygen atoms in total. The lowest BCUT2D eigenvalue weighted by atomic mass is 10.1. The number of rotatable bonds is 7. The molecule has 40 heavy (non-hydrogen) atoms. The molecule has 5 rings (SSSR count). The molecule has 3 heterocycles. The second-order valence-electron chi connectivity index (χ2n) is 11.2. The summed E-state index contributed by atoms with van der Waals surface area (Å²) in [6, 6.07) is 14.7. The first-order valence-corrected chi connectivity index (χ1v) is 15.4. The molecule has 0 spiro atoms. The van der Waals surface area contributed by atoms with Crippen LogP contribution in [-0.2, 0) is 9.53 Å². The summed E-state index contributed by atoms with van der Waals surface area (Å²) in [6.45, 7) is 15.2. The van der Waals surface area contributed by atoms with Crippen LogP contribution in [0.15, 0.2) is 46.9 Å². The summed E-state index contributed by atoms with van der Waals surface area (Å²) in [6.07, 6.45) is 0.213. The molecule has 0 amide bonds. The van der Waals surface area contributed by atoms with Crippen molar-refractivity contribution < 1.29 is 18.8 Å². The Balaban J connectivity index is 1.86. The van der Waals surface area contributed by atoms with E-state index in [0.29, 0.717) is 6.61 Å². The minimum atomic E-state index is -0.257. The molecular weight excluding hydrogens is 588 g/mol. The number of methoxy groups -OCH3 is 1. The molecule has 2 aromatic heterocycles. The average molecular weight is 627 g/mol. The number of nitrogens with one attached hydrogen (secondary N) is 1. The SMILES string of the molecule is CCN(CC)c1ccc2c(c1)OCC(CC(=O)OC)[n+]1c-2c(NC(C)(C)C)n2c(-c3ccc(Br)cc3)c(C)sc21. The lowest BCUT2D eigenvalue weighted by Crippen LogP contribution is -2.43. The number of hydrogen-bond donors (Lipinski definition) is 1. The van der Waals surface area contributed by atoms with Crippen LogP contribution in [0, 0.1) is 6.92 Å². The smallest absolute Gasteiger partial charge is 0.349 e. The number of ether oxygens (including phenoxy) is 2. The van der Waals surface area contributed by atoms with Gasteiger partial charge in [-0.25, -0.2) is 4.57 Å². The number of carbonyl (C=O) groups is 1. The van der Waals surface area contributed by atoms with Crippen molar-refractivity contribution in [2.75, 3.05) is 37.0 Å². The molecule has 0 radical (unpaired) electrons. The first-order valence-electron chi connectivity index (χ1n) is 13.8. The van der Waals surface area contributed by atoms with Gasteiger partial charge in [-0.05, 0) is 77.9 Å². The van der Waals surface area contributed by atoms with Gasteiger partial charge < -0.3 is 19.7 Å². The van der Waals surface area contributed by atoms with E-state index in [1.807, 2.05) is 0 Å². The number of thiazole rings is 1. The Hall–Kier alpha value is -3.04. The number of hydrogen-bond acceptors (Lipinski definition) is 6. The Morgan fingerprint density at radius 2 is 1.90 bits per heavy atom. The molecule has 1 atom stereocenters. The van der Waals surface area contributed by atoms with Crippen molar-refractivity contribution in [3.05, 3.63) is 51.8 Å². The molecule has 1 N–H and O–H groups in total. The van der Waals surface area contributed by atoms with Crippen LogP contribution in [0.4, 0.5) is 11.5 Å². The minimum absolute atomic E-state index is 0.213. The molecule has 1 aliphatic rings. The fourth-order valence-corrected chi connectivity index (χ4v) is 6.93. The number of esters is 1. The summed E-state index contributed by atoms with van der Waals surface area (Å²) in [4.78, 5) is 17.2. The second-order valence-corrected chi connectivity index (χ2v) is 13.3.